The van der Waals surface area contributed by atoms with E-state index in [1.165, 1.54) is 24.4 Å². The van der Waals surface area contributed by atoms with Gasteiger partial charge in [0.15, 0.2) is 0 Å². The Kier molecular flexibility index (Phi) is 3.54. The van der Waals surface area contributed by atoms with Gasteiger partial charge in [0.05, 0.1) is 16.8 Å². The standard InChI is InChI=1S/C10H12N4O4S2/c1-7-2-3-8(19(11,15)16)4-10(7)14-20(17,18)9-5-12-13-6-9/h2-6,14H,1H3,(H,12,13)(H2,11,15,16). The largest absolute Gasteiger partial charge is 0.284 e. The quantitative estimate of drug-likeness (QED) is 0.738. The predicted octanol–water partition coefficient (Wildman–Crippen LogP) is 0.166. The number of H-pyrrole nitrogens is 1. The summed E-state index contributed by atoms with van der Waals surface area (Å²) in [6.45, 7) is 1.64. The van der Waals surface area contributed by atoms with Crippen molar-refractivity contribution in [2.24, 2.45) is 5.14 Å². The van der Waals surface area contributed by atoms with E-state index in [-0.39, 0.29) is 15.5 Å². The fraction of sp³-hybridized carbons (Fsp3) is 0.100. The molecule has 0 amide bonds. The Balaban J connectivity index is 2.44. The number of aryl methyl sites for hydroxylation is 1. The lowest BCUT2D eigenvalue weighted by Crippen LogP contribution is -2.15. The third-order valence-corrected chi connectivity index (χ3v) is 4.81. The molecule has 8 nitrogen and oxygen atoms in total. The fourth-order valence-electron chi connectivity index (χ4n) is 1.48. The smallest absolute Gasteiger partial charge is 0.265 e. The van der Waals surface area contributed by atoms with Crippen molar-refractivity contribution in [2.75, 3.05) is 4.72 Å². The van der Waals surface area contributed by atoms with Gasteiger partial charge in [-0.1, -0.05) is 6.07 Å². The molecule has 108 valence electrons. The molecule has 4 N–H and O–H groups in total. The van der Waals surface area contributed by atoms with E-state index in [9.17, 15) is 16.8 Å². The molecule has 0 saturated heterocycles. The van der Waals surface area contributed by atoms with E-state index in [4.69, 9.17) is 5.14 Å². The van der Waals surface area contributed by atoms with Crippen LogP contribution in [-0.4, -0.2) is 27.0 Å². The average molecular weight is 316 g/mol. The zero-order chi connectivity index (χ0) is 15.0. The van der Waals surface area contributed by atoms with Crippen molar-refractivity contribution in [3.63, 3.8) is 0 Å². The number of aromatic nitrogens is 2. The van der Waals surface area contributed by atoms with E-state index in [0.29, 0.717) is 5.56 Å². The van der Waals surface area contributed by atoms with E-state index < -0.39 is 20.0 Å². The Labute approximate surface area is 116 Å². The molecule has 2 aromatic rings. The molecule has 0 unspecified atom stereocenters. The maximum absolute atomic E-state index is 12.0. The van der Waals surface area contributed by atoms with Crippen molar-refractivity contribution in [3.8, 4) is 0 Å². The SMILES string of the molecule is Cc1ccc(S(N)(=O)=O)cc1NS(=O)(=O)c1cn[nH]c1. The Bertz CT molecular complexity index is 826. The maximum atomic E-state index is 12.0. The van der Waals surface area contributed by atoms with Gasteiger partial charge in [0.1, 0.15) is 4.90 Å². The van der Waals surface area contributed by atoms with Gasteiger partial charge in [0.25, 0.3) is 10.0 Å². The minimum absolute atomic E-state index is 0.0575. The number of hydrogen-bond acceptors (Lipinski definition) is 5. The zero-order valence-electron chi connectivity index (χ0n) is 10.4. The van der Waals surface area contributed by atoms with Crippen molar-refractivity contribution in [3.05, 3.63) is 36.2 Å². The Morgan fingerprint density at radius 2 is 1.90 bits per heavy atom. The fourth-order valence-corrected chi connectivity index (χ4v) is 3.04. The van der Waals surface area contributed by atoms with Crippen LogP contribution in [0.25, 0.3) is 0 Å². The lowest BCUT2D eigenvalue weighted by atomic mass is 10.2. The first kappa shape index (κ1) is 14.5. The average Bonchev–Trinajstić information content (AvgIpc) is 2.84. The number of rotatable bonds is 4. The molecule has 0 radical (unpaired) electrons. The van der Waals surface area contributed by atoms with Gasteiger partial charge in [-0.05, 0) is 24.6 Å². The van der Waals surface area contributed by atoms with Crippen LogP contribution in [-0.2, 0) is 20.0 Å². The van der Waals surface area contributed by atoms with Crippen LogP contribution in [0.3, 0.4) is 0 Å². The number of benzene rings is 1. The lowest BCUT2D eigenvalue weighted by molar-refractivity contribution is 0.596. The minimum Gasteiger partial charge on any atom is -0.284 e. The summed E-state index contributed by atoms with van der Waals surface area (Å²) in [5, 5.41) is 11.0. The topological polar surface area (TPSA) is 135 Å². The first-order valence-corrected chi connectivity index (χ1v) is 8.38. The summed E-state index contributed by atoms with van der Waals surface area (Å²) in [5.41, 5.74) is 0.696. The molecule has 0 spiro atoms. The summed E-state index contributed by atoms with van der Waals surface area (Å²) >= 11 is 0. The summed E-state index contributed by atoms with van der Waals surface area (Å²) < 4.78 is 48.9. The maximum Gasteiger partial charge on any atom is 0.265 e. The van der Waals surface area contributed by atoms with Crippen LogP contribution < -0.4 is 9.86 Å². The Morgan fingerprint density at radius 3 is 2.45 bits per heavy atom. The van der Waals surface area contributed by atoms with Crippen molar-refractivity contribution in [1.82, 2.24) is 10.2 Å². The molecular weight excluding hydrogens is 304 g/mol. The van der Waals surface area contributed by atoms with Gasteiger partial charge in [-0.15, -0.1) is 0 Å². The molecule has 0 aliphatic carbocycles. The molecule has 1 aromatic carbocycles. The van der Waals surface area contributed by atoms with Crippen LogP contribution in [0.5, 0.6) is 0 Å². The normalized spacial score (nSPS) is 12.3. The van der Waals surface area contributed by atoms with Gasteiger partial charge in [-0.2, -0.15) is 5.10 Å². The zero-order valence-corrected chi connectivity index (χ0v) is 12.0. The molecule has 0 atom stereocenters. The van der Waals surface area contributed by atoms with Gasteiger partial charge >= 0.3 is 0 Å². The molecule has 0 aliphatic rings. The van der Waals surface area contributed by atoms with Crippen LogP contribution in [0.2, 0.25) is 0 Å². The number of sulfonamides is 2. The van der Waals surface area contributed by atoms with Gasteiger partial charge < -0.3 is 0 Å². The molecule has 2 rings (SSSR count). The molecule has 1 aromatic heterocycles. The summed E-state index contributed by atoms with van der Waals surface area (Å²) in [7, 11) is -7.74. The highest BCUT2D eigenvalue weighted by molar-refractivity contribution is 7.92. The molecule has 0 saturated carbocycles. The van der Waals surface area contributed by atoms with Crippen molar-refractivity contribution < 1.29 is 16.8 Å². The number of hydrogen-bond donors (Lipinski definition) is 3. The summed E-state index contributed by atoms with van der Waals surface area (Å²) in [5.74, 6) is 0. The van der Waals surface area contributed by atoms with E-state index in [2.05, 4.69) is 14.9 Å². The molecule has 0 aliphatic heterocycles. The van der Waals surface area contributed by atoms with Crippen LogP contribution >= 0.6 is 0 Å². The first-order valence-electron chi connectivity index (χ1n) is 5.35. The second-order valence-corrected chi connectivity index (χ2v) is 7.31. The Morgan fingerprint density at radius 1 is 1.20 bits per heavy atom. The second-order valence-electron chi connectivity index (χ2n) is 4.06. The van der Waals surface area contributed by atoms with Crippen molar-refractivity contribution in [1.29, 1.82) is 0 Å². The van der Waals surface area contributed by atoms with Gasteiger partial charge in [-0.3, -0.25) is 9.82 Å². The predicted molar refractivity (Wildman–Crippen MR) is 71.9 cm³/mol. The molecule has 20 heavy (non-hydrogen) atoms. The molecular formula is C10H12N4O4S2. The number of nitrogens with zero attached hydrogens (tertiary/aromatic N) is 1. The highest BCUT2D eigenvalue weighted by Gasteiger charge is 2.18. The number of anilines is 1. The minimum atomic E-state index is -3.90. The number of nitrogens with one attached hydrogen (secondary N) is 2. The van der Waals surface area contributed by atoms with Crippen LogP contribution in [0, 0.1) is 6.92 Å². The van der Waals surface area contributed by atoms with Crippen molar-refractivity contribution in [2.45, 2.75) is 16.7 Å². The van der Waals surface area contributed by atoms with Gasteiger partial charge in [0, 0.05) is 6.20 Å². The monoisotopic (exact) mass is 316 g/mol. The number of nitrogens with two attached hydrogens (primary N) is 1. The van der Waals surface area contributed by atoms with Crippen LogP contribution in [0.1, 0.15) is 5.56 Å². The van der Waals surface area contributed by atoms with Crippen LogP contribution in [0.4, 0.5) is 5.69 Å². The van der Waals surface area contributed by atoms with E-state index in [0.717, 1.165) is 6.20 Å². The summed E-state index contributed by atoms with van der Waals surface area (Å²) in [6.07, 6.45) is 2.35. The van der Waals surface area contributed by atoms with Gasteiger partial charge in [0.2, 0.25) is 10.0 Å². The molecule has 0 bridgehead atoms. The summed E-state index contributed by atoms with van der Waals surface area (Å²) in [4.78, 5) is -0.231. The summed E-state index contributed by atoms with van der Waals surface area (Å²) in [6, 6.07) is 3.94. The van der Waals surface area contributed by atoms with Crippen molar-refractivity contribution >= 4 is 25.7 Å². The molecule has 0 fully saturated rings. The van der Waals surface area contributed by atoms with Gasteiger partial charge in [-0.25, -0.2) is 22.0 Å². The number of aromatic amines is 1. The van der Waals surface area contributed by atoms with Crippen LogP contribution in [0.15, 0.2) is 40.4 Å². The molecule has 10 heteroatoms. The highest BCUT2D eigenvalue weighted by Crippen LogP contribution is 2.22. The lowest BCUT2D eigenvalue weighted by Gasteiger charge is -2.10. The number of primary sulfonamides is 1. The Hall–Kier alpha value is -1.91. The third kappa shape index (κ3) is 2.98. The second kappa shape index (κ2) is 4.89. The van der Waals surface area contributed by atoms with E-state index in [1.807, 2.05) is 0 Å². The molecule has 1 heterocycles. The first-order chi connectivity index (χ1) is 9.20. The third-order valence-electron chi connectivity index (χ3n) is 2.57. The highest BCUT2D eigenvalue weighted by atomic mass is 32.2. The van der Waals surface area contributed by atoms with E-state index in [1.54, 1.807) is 6.92 Å². The van der Waals surface area contributed by atoms with E-state index >= 15 is 0 Å².